The van der Waals surface area contributed by atoms with Gasteiger partial charge in [0.25, 0.3) is 0 Å². The monoisotopic (exact) mass is 503 g/mol. The molecule has 190 valence electrons. The zero-order valence-electron chi connectivity index (χ0n) is 20.8. The second-order valence-electron chi connectivity index (χ2n) is 11.2. The van der Waals surface area contributed by atoms with E-state index in [2.05, 4.69) is 21.3 Å². The number of rotatable bonds is 4. The van der Waals surface area contributed by atoms with Gasteiger partial charge < -0.3 is 14.8 Å². The molecule has 6 nitrogen and oxygen atoms in total. The fraction of sp³-hybridized carbons (Fsp3) is 0.630. The summed E-state index contributed by atoms with van der Waals surface area (Å²) in [6, 6.07) is 6.02. The van der Waals surface area contributed by atoms with E-state index in [0.717, 1.165) is 53.7 Å². The Balaban J connectivity index is 1.29. The van der Waals surface area contributed by atoms with Gasteiger partial charge in [0.15, 0.2) is 0 Å². The number of aromatic nitrogens is 1. The third kappa shape index (κ3) is 5.06. The number of ether oxygens (including phenoxy) is 2. The van der Waals surface area contributed by atoms with E-state index in [-0.39, 0.29) is 24.0 Å². The van der Waals surface area contributed by atoms with Crippen molar-refractivity contribution >= 4 is 34.1 Å². The van der Waals surface area contributed by atoms with Gasteiger partial charge in [-0.05, 0) is 94.6 Å². The maximum atomic E-state index is 14.5. The van der Waals surface area contributed by atoms with Gasteiger partial charge >= 0.3 is 0 Å². The highest BCUT2D eigenvalue weighted by molar-refractivity contribution is 6.32. The summed E-state index contributed by atoms with van der Waals surface area (Å²) in [7, 11) is 0. The quantitative estimate of drug-likeness (QED) is 0.610. The third-order valence-electron chi connectivity index (χ3n) is 8.15. The van der Waals surface area contributed by atoms with Crippen LogP contribution in [-0.2, 0) is 14.3 Å². The maximum Gasteiger partial charge on any atom is 0.228 e. The lowest BCUT2D eigenvalue weighted by molar-refractivity contribution is -0.130. The summed E-state index contributed by atoms with van der Waals surface area (Å²) in [4.78, 5) is 19.6. The van der Waals surface area contributed by atoms with Crippen LogP contribution in [0.25, 0.3) is 10.8 Å². The number of nitrogens with zero attached hydrogens (tertiary/aromatic N) is 2. The van der Waals surface area contributed by atoms with Crippen molar-refractivity contribution in [3.63, 3.8) is 0 Å². The second kappa shape index (κ2) is 9.58. The molecule has 0 aliphatic carbocycles. The van der Waals surface area contributed by atoms with Crippen molar-refractivity contribution < 1.29 is 18.7 Å². The van der Waals surface area contributed by atoms with E-state index in [1.54, 1.807) is 6.20 Å². The van der Waals surface area contributed by atoms with Gasteiger partial charge in [0.05, 0.1) is 24.4 Å². The second-order valence-corrected chi connectivity index (χ2v) is 11.6. The first-order valence-electron chi connectivity index (χ1n) is 12.7. The predicted molar refractivity (Wildman–Crippen MR) is 136 cm³/mol. The molecule has 3 aliphatic rings. The number of alkyl halides is 1. The van der Waals surface area contributed by atoms with Crippen LogP contribution in [0.5, 0.6) is 0 Å². The molecule has 0 unspecified atom stereocenters. The number of benzene rings is 1. The molecule has 0 bridgehead atoms. The lowest BCUT2D eigenvalue weighted by Gasteiger charge is -2.43. The number of pyridine rings is 1. The summed E-state index contributed by atoms with van der Waals surface area (Å²) in [5, 5.41) is 5.69. The topological polar surface area (TPSA) is 63.7 Å². The molecule has 1 aromatic heterocycles. The Labute approximate surface area is 211 Å². The highest BCUT2D eigenvalue weighted by Gasteiger charge is 2.46. The van der Waals surface area contributed by atoms with Crippen molar-refractivity contribution in [1.29, 1.82) is 0 Å². The van der Waals surface area contributed by atoms with Crippen molar-refractivity contribution in [3.05, 3.63) is 35.0 Å². The van der Waals surface area contributed by atoms with Gasteiger partial charge in [-0.15, -0.1) is 0 Å². The van der Waals surface area contributed by atoms with Gasteiger partial charge in [-0.3, -0.25) is 9.69 Å². The van der Waals surface area contributed by atoms with E-state index >= 15 is 0 Å². The highest BCUT2D eigenvalue weighted by atomic mass is 35.5. The number of carbonyl (C=O) groups is 1. The lowest BCUT2D eigenvalue weighted by atomic mass is 9.85. The summed E-state index contributed by atoms with van der Waals surface area (Å²) >= 11 is 6.70. The van der Waals surface area contributed by atoms with E-state index in [1.165, 1.54) is 0 Å². The number of fused-ring (bicyclic) bond motifs is 1. The zero-order valence-corrected chi connectivity index (χ0v) is 21.5. The molecule has 8 heteroatoms. The van der Waals surface area contributed by atoms with Crippen LogP contribution >= 0.6 is 11.6 Å². The molecule has 3 saturated heterocycles. The maximum absolute atomic E-state index is 14.5. The molecule has 3 fully saturated rings. The molecule has 0 spiro atoms. The molecule has 1 aromatic carbocycles. The summed E-state index contributed by atoms with van der Waals surface area (Å²) < 4.78 is 25.6. The van der Waals surface area contributed by atoms with Crippen LogP contribution in [0.1, 0.15) is 57.9 Å². The number of amides is 1. The van der Waals surface area contributed by atoms with Crippen LogP contribution in [0.15, 0.2) is 24.4 Å². The van der Waals surface area contributed by atoms with Crippen LogP contribution in [0.2, 0.25) is 5.02 Å². The largest absolute Gasteiger partial charge is 0.376 e. The molecule has 2 aromatic rings. The molecule has 3 atom stereocenters. The number of carbonyl (C=O) groups excluding carboxylic acids is 1. The van der Waals surface area contributed by atoms with Crippen molar-refractivity contribution in [1.82, 2.24) is 9.88 Å². The molecular weight excluding hydrogens is 469 g/mol. The highest BCUT2D eigenvalue weighted by Crippen LogP contribution is 2.39. The van der Waals surface area contributed by atoms with Gasteiger partial charge in [0.1, 0.15) is 12.0 Å². The first-order valence-corrected chi connectivity index (χ1v) is 13.0. The summed E-state index contributed by atoms with van der Waals surface area (Å²) in [6.07, 6.45) is 4.06. The van der Waals surface area contributed by atoms with Crippen LogP contribution < -0.4 is 5.32 Å². The number of hydrogen-bond donors (Lipinski definition) is 1. The number of halogens is 2. The normalized spacial score (nSPS) is 30.0. The van der Waals surface area contributed by atoms with Crippen LogP contribution in [0.3, 0.4) is 0 Å². The van der Waals surface area contributed by atoms with E-state index in [1.807, 2.05) is 32.9 Å². The number of nitrogens with one attached hydrogen (secondary N) is 1. The van der Waals surface area contributed by atoms with E-state index < -0.39 is 11.7 Å². The fourth-order valence-corrected chi connectivity index (χ4v) is 6.20. The first kappa shape index (κ1) is 24.9. The molecule has 1 N–H and O–H groups in total. The molecule has 35 heavy (non-hydrogen) atoms. The van der Waals surface area contributed by atoms with Gasteiger partial charge in [0, 0.05) is 29.1 Å². The van der Waals surface area contributed by atoms with Crippen LogP contribution in [0, 0.1) is 5.92 Å². The number of hydrogen-bond acceptors (Lipinski definition) is 5. The molecule has 0 saturated carbocycles. The predicted octanol–water partition coefficient (Wildman–Crippen LogP) is 5.34. The molecule has 5 rings (SSSR count). The Kier molecular flexibility index (Phi) is 6.81. The van der Waals surface area contributed by atoms with E-state index in [4.69, 9.17) is 21.1 Å². The number of piperidine rings is 1. The van der Waals surface area contributed by atoms with Gasteiger partial charge in [-0.1, -0.05) is 11.6 Å². The average Bonchev–Trinajstić information content (AvgIpc) is 3.17. The lowest BCUT2D eigenvalue weighted by Crippen LogP contribution is -2.55. The Morgan fingerprint density at radius 1 is 1.17 bits per heavy atom. The summed E-state index contributed by atoms with van der Waals surface area (Å²) in [5.74, 6) is 0.768. The summed E-state index contributed by atoms with van der Waals surface area (Å²) in [6.45, 7) is 8.88. The van der Waals surface area contributed by atoms with Crippen LogP contribution in [0.4, 0.5) is 10.2 Å². The van der Waals surface area contributed by atoms with Crippen molar-refractivity contribution in [2.24, 2.45) is 5.92 Å². The Hall–Kier alpha value is -1.80. The first-order chi connectivity index (χ1) is 16.6. The van der Waals surface area contributed by atoms with Crippen molar-refractivity contribution in [2.45, 2.75) is 69.7 Å². The van der Waals surface area contributed by atoms with Crippen LogP contribution in [-0.4, -0.2) is 66.0 Å². The smallest absolute Gasteiger partial charge is 0.228 e. The van der Waals surface area contributed by atoms with Crippen molar-refractivity contribution in [2.75, 3.05) is 38.2 Å². The zero-order chi connectivity index (χ0) is 24.8. The Morgan fingerprint density at radius 2 is 1.94 bits per heavy atom. The Bertz CT molecular complexity index is 1100. The molecule has 0 radical (unpaired) electrons. The SMILES string of the molecule is CC1(C)C[C@@H](C(=O)Nc2cc3cc(C4CCN([C@@]5(C)COC[C@H]5F)CC4)c(Cl)cc3cn2)CCO1. The molecule has 3 aliphatic heterocycles. The number of likely N-dealkylation sites (tertiary alicyclic amines) is 1. The molecule has 1 amide bonds. The van der Waals surface area contributed by atoms with Gasteiger partial charge in [-0.25, -0.2) is 9.37 Å². The summed E-state index contributed by atoms with van der Waals surface area (Å²) in [5.41, 5.74) is 0.292. The van der Waals surface area contributed by atoms with E-state index in [0.29, 0.717) is 31.4 Å². The number of anilines is 1. The van der Waals surface area contributed by atoms with Gasteiger partial charge in [0.2, 0.25) is 5.91 Å². The fourth-order valence-electron chi connectivity index (χ4n) is 5.88. The minimum atomic E-state index is -0.948. The third-order valence-corrected chi connectivity index (χ3v) is 8.47. The minimum Gasteiger partial charge on any atom is -0.376 e. The molecular formula is C27H35ClFN3O3. The van der Waals surface area contributed by atoms with E-state index in [9.17, 15) is 9.18 Å². The standard InChI is InChI=1S/C27H35ClFN3O3/c1-26(2)13-18(6-9-35-26)25(33)31-24-12-19-10-21(22(28)11-20(19)14-30-24)17-4-7-32(8-5-17)27(3)16-34-15-23(27)29/h10-12,14,17-18,23H,4-9,13,15-16H2,1-3H3,(H,30,31,33)/t18-,23+,27-/m0/s1. The van der Waals surface area contributed by atoms with Gasteiger partial charge in [-0.2, -0.15) is 0 Å². The minimum absolute atomic E-state index is 0.00895. The van der Waals surface area contributed by atoms with Crippen molar-refractivity contribution in [3.8, 4) is 0 Å². The average molecular weight is 504 g/mol. The molecule has 4 heterocycles. The Morgan fingerprint density at radius 3 is 2.63 bits per heavy atom.